The van der Waals surface area contributed by atoms with Crippen LogP contribution in [0.15, 0.2) is 12.1 Å². The number of hydrogen-bond donors (Lipinski definition) is 1. The normalized spacial score (nSPS) is 9.73. The topological polar surface area (TPSA) is 35.2 Å². The Morgan fingerprint density at radius 1 is 1.40 bits per heavy atom. The van der Waals surface area contributed by atoms with Crippen LogP contribution < -0.4 is 10.5 Å². The second-order valence-electron chi connectivity index (χ2n) is 2.88. The van der Waals surface area contributed by atoms with Gasteiger partial charge in [-0.3, -0.25) is 0 Å². The lowest BCUT2D eigenvalue weighted by atomic mass is 10.2. The number of ether oxygens (including phenoxy) is 1. The Morgan fingerprint density at radius 3 is 2.73 bits per heavy atom. The predicted molar refractivity (Wildman–Crippen MR) is 63.3 cm³/mol. The third-order valence-electron chi connectivity index (χ3n) is 1.80. The van der Waals surface area contributed by atoms with E-state index in [4.69, 9.17) is 40.1 Å². The lowest BCUT2D eigenvalue weighted by Gasteiger charge is -2.11. The number of hydrogen-bond acceptors (Lipinski definition) is 2. The Bertz CT molecular complexity index is 385. The van der Waals surface area contributed by atoms with E-state index in [-0.39, 0.29) is 0 Å². The monoisotopic (exact) mass is 243 g/mol. The maximum absolute atomic E-state index is 5.98. The molecule has 1 aromatic carbocycles. The van der Waals surface area contributed by atoms with Crippen molar-refractivity contribution in [3.63, 3.8) is 0 Å². The van der Waals surface area contributed by atoms with Crippen molar-refractivity contribution in [2.75, 3.05) is 6.61 Å². The van der Waals surface area contributed by atoms with Crippen molar-refractivity contribution in [2.45, 2.75) is 13.0 Å². The van der Waals surface area contributed by atoms with Gasteiger partial charge in [0, 0.05) is 23.6 Å². The highest BCUT2D eigenvalue weighted by Crippen LogP contribution is 2.32. The van der Waals surface area contributed by atoms with E-state index in [1.165, 1.54) is 0 Å². The fourth-order valence-corrected chi connectivity index (χ4v) is 1.73. The summed E-state index contributed by atoms with van der Waals surface area (Å²) in [6.45, 7) is 0.747. The third-order valence-corrected chi connectivity index (χ3v) is 2.30. The van der Waals surface area contributed by atoms with Gasteiger partial charge in [-0.1, -0.05) is 23.2 Å². The zero-order valence-corrected chi connectivity index (χ0v) is 9.61. The fraction of sp³-hybridized carbons (Fsp3) is 0.273. The molecule has 0 aliphatic carbocycles. The predicted octanol–water partition coefficient (Wildman–Crippen LogP) is 2.85. The molecule has 0 amide bonds. The largest absolute Gasteiger partial charge is 0.491 e. The van der Waals surface area contributed by atoms with Gasteiger partial charge in [0.2, 0.25) is 0 Å². The molecule has 0 bridgehead atoms. The van der Waals surface area contributed by atoms with E-state index < -0.39 is 0 Å². The standard InChI is InChI=1S/C11H11Cl2NO/c1-2-3-4-15-11-8(7-14)5-9(12)6-10(11)13/h1,5-6H,3-4,7,14H2. The van der Waals surface area contributed by atoms with Gasteiger partial charge in [0.25, 0.3) is 0 Å². The van der Waals surface area contributed by atoms with Crippen LogP contribution in [0.3, 0.4) is 0 Å². The summed E-state index contributed by atoms with van der Waals surface area (Å²) in [4.78, 5) is 0. The Labute approximate surface area is 99.3 Å². The van der Waals surface area contributed by atoms with Gasteiger partial charge in [-0.05, 0) is 12.1 Å². The van der Waals surface area contributed by atoms with Crippen LogP contribution in [0, 0.1) is 12.3 Å². The zero-order chi connectivity index (χ0) is 11.3. The minimum Gasteiger partial charge on any atom is -0.491 e. The average molecular weight is 244 g/mol. The summed E-state index contributed by atoms with van der Waals surface area (Å²) in [5.41, 5.74) is 6.34. The van der Waals surface area contributed by atoms with Crippen LogP contribution in [0.4, 0.5) is 0 Å². The Kier molecular flexibility index (Phi) is 4.77. The molecule has 0 saturated heterocycles. The first-order valence-electron chi connectivity index (χ1n) is 4.43. The van der Waals surface area contributed by atoms with Crippen LogP contribution in [-0.4, -0.2) is 6.61 Å². The molecule has 4 heteroatoms. The number of nitrogens with two attached hydrogens (primary N) is 1. The first-order chi connectivity index (χ1) is 7.19. The molecule has 0 fully saturated rings. The first kappa shape index (κ1) is 12.2. The SMILES string of the molecule is C#CCCOc1c(Cl)cc(Cl)cc1CN. The molecule has 15 heavy (non-hydrogen) atoms. The quantitative estimate of drug-likeness (QED) is 0.652. The van der Waals surface area contributed by atoms with Crippen molar-refractivity contribution in [2.24, 2.45) is 5.73 Å². The van der Waals surface area contributed by atoms with Gasteiger partial charge in [0.1, 0.15) is 5.75 Å². The van der Waals surface area contributed by atoms with Crippen molar-refractivity contribution >= 4 is 23.2 Å². The van der Waals surface area contributed by atoms with Crippen molar-refractivity contribution < 1.29 is 4.74 Å². The molecule has 0 saturated carbocycles. The van der Waals surface area contributed by atoms with Crippen molar-refractivity contribution in [1.82, 2.24) is 0 Å². The molecule has 0 atom stereocenters. The van der Waals surface area contributed by atoms with Crippen LogP contribution in [0.2, 0.25) is 10.0 Å². The van der Waals surface area contributed by atoms with Crippen LogP contribution in [0.1, 0.15) is 12.0 Å². The zero-order valence-electron chi connectivity index (χ0n) is 8.09. The molecule has 2 N–H and O–H groups in total. The van der Waals surface area contributed by atoms with E-state index in [2.05, 4.69) is 5.92 Å². The molecule has 0 heterocycles. The van der Waals surface area contributed by atoms with E-state index in [1.54, 1.807) is 12.1 Å². The summed E-state index contributed by atoms with van der Waals surface area (Å²) in [5, 5.41) is 1.00. The molecule has 1 aromatic rings. The van der Waals surface area contributed by atoms with Crippen LogP contribution >= 0.6 is 23.2 Å². The van der Waals surface area contributed by atoms with Crippen molar-refractivity contribution in [1.29, 1.82) is 0 Å². The van der Waals surface area contributed by atoms with Crippen LogP contribution in [0.5, 0.6) is 5.75 Å². The van der Waals surface area contributed by atoms with Gasteiger partial charge in [-0.15, -0.1) is 12.3 Å². The van der Waals surface area contributed by atoms with Gasteiger partial charge in [-0.25, -0.2) is 0 Å². The average Bonchev–Trinajstić information content (AvgIpc) is 2.20. The smallest absolute Gasteiger partial charge is 0.142 e. The maximum Gasteiger partial charge on any atom is 0.142 e. The van der Waals surface area contributed by atoms with E-state index >= 15 is 0 Å². The fourth-order valence-electron chi connectivity index (χ4n) is 1.14. The molecular formula is C11H11Cl2NO. The molecule has 0 spiro atoms. The Hall–Kier alpha value is -0.880. The second-order valence-corrected chi connectivity index (χ2v) is 3.73. The molecule has 0 unspecified atom stereocenters. The van der Waals surface area contributed by atoms with Gasteiger partial charge >= 0.3 is 0 Å². The van der Waals surface area contributed by atoms with Gasteiger partial charge in [0.15, 0.2) is 0 Å². The Balaban J connectivity index is 2.90. The molecule has 2 nitrogen and oxygen atoms in total. The van der Waals surface area contributed by atoms with Crippen LogP contribution in [0.25, 0.3) is 0 Å². The highest BCUT2D eigenvalue weighted by atomic mass is 35.5. The molecule has 0 aromatic heterocycles. The van der Waals surface area contributed by atoms with E-state index in [0.717, 1.165) is 5.56 Å². The molecular weight excluding hydrogens is 233 g/mol. The lowest BCUT2D eigenvalue weighted by Crippen LogP contribution is -2.04. The number of benzene rings is 1. The van der Waals surface area contributed by atoms with E-state index in [9.17, 15) is 0 Å². The molecule has 0 aliphatic heterocycles. The minimum atomic E-state index is 0.325. The highest BCUT2D eigenvalue weighted by molar-refractivity contribution is 6.35. The maximum atomic E-state index is 5.98. The minimum absolute atomic E-state index is 0.325. The summed E-state index contributed by atoms with van der Waals surface area (Å²) < 4.78 is 5.44. The van der Waals surface area contributed by atoms with Crippen LogP contribution in [-0.2, 0) is 6.54 Å². The van der Waals surface area contributed by atoms with Crippen molar-refractivity contribution in [3.8, 4) is 18.1 Å². The number of rotatable bonds is 4. The summed E-state index contributed by atoms with van der Waals surface area (Å²) in [6.07, 6.45) is 5.65. The first-order valence-corrected chi connectivity index (χ1v) is 5.19. The lowest BCUT2D eigenvalue weighted by molar-refractivity contribution is 0.324. The van der Waals surface area contributed by atoms with E-state index in [1.807, 2.05) is 0 Å². The summed E-state index contributed by atoms with van der Waals surface area (Å²) in [7, 11) is 0. The number of halogens is 2. The van der Waals surface area contributed by atoms with E-state index in [0.29, 0.717) is 35.4 Å². The van der Waals surface area contributed by atoms with Gasteiger partial charge in [0.05, 0.1) is 11.6 Å². The number of terminal acetylenes is 1. The second kappa shape index (κ2) is 5.87. The molecule has 1 rings (SSSR count). The Morgan fingerprint density at radius 2 is 2.13 bits per heavy atom. The molecule has 0 aliphatic rings. The highest BCUT2D eigenvalue weighted by Gasteiger charge is 2.09. The van der Waals surface area contributed by atoms with Gasteiger partial charge in [-0.2, -0.15) is 0 Å². The molecule has 80 valence electrons. The third kappa shape index (κ3) is 3.32. The van der Waals surface area contributed by atoms with Crippen molar-refractivity contribution in [3.05, 3.63) is 27.7 Å². The summed E-state index contributed by atoms with van der Waals surface area (Å²) in [6, 6.07) is 3.35. The summed E-state index contributed by atoms with van der Waals surface area (Å²) >= 11 is 11.8. The molecule has 0 radical (unpaired) electrons. The van der Waals surface area contributed by atoms with Gasteiger partial charge < -0.3 is 10.5 Å². The summed E-state index contributed by atoms with van der Waals surface area (Å²) in [5.74, 6) is 3.05.